The summed E-state index contributed by atoms with van der Waals surface area (Å²) < 4.78 is 29.3. The summed E-state index contributed by atoms with van der Waals surface area (Å²) in [6.45, 7) is 5.75. The van der Waals surface area contributed by atoms with Gasteiger partial charge in [0.2, 0.25) is 0 Å². The van der Waals surface area contributed by atoms with E-state index >= 15 is 0 Å². The molecule has 6 heteroatoms. The Morgan fingerprint density at radius 1 is 1.16 bits per heavy atom. The lowest BCUT2D eigenvalue weighted by molar-refractivity contribution is -0.139. The Bertz CT molecular complexity index is 809. The minimum Gasteiger partial charge on any atom is -0.489 e. The van der Waals surface area contributed by atoms with Crippen molar-refractivity contribution >= 4 is 16.9 Å². The van der Waals surface area contributed by atoms with Crippen molar-refractivity contribution in [3.63, 3.8) is 0 Å². The van der Waals surface area contributed by atoms with Crippen LogP contribution in [0.5, 0.6) is 5.75 Å². The van der Waals surface area contributed by atoms with E-state index in [9.17, 15) is 14.0 Å². The molecule has 1 heterocycles. The van der Waals surface area contributed by atoms with Crippen LogP contribution in [0, 0.1) is 5.82 Å². The smallest absolute Gasteiger partial charge is 0.376 e. The average molecular weight is 348 g/mol. The number of carbonyl (C=O) groups is 1. The molecule has 25 heavy (non-hydrogen) atoms. The molecule has 5 nitrogen and oxygen atoms in total. The highest BCUT2D eigenvalue weighted by Crippen LogP contribution is 2.26. The molecule has 0 aliphatic rings. The zero-order valence-electron chi connectivity index (χ0n) is 14.2. The van der Waals surface area contributed by atoms with E-state index in [-0.39, 0.29) is 18.3 Å². The quantitative estimate of drug-likeness (QED) is 0.297. The molecular weight excluding hydrogens is 327 g/mol. The maximum atomic E-state index is 14.0. The van der Waals surface area contributed by atoms with Gasteiger partial charge in [-0.2, -0.15) is 4.39 Å². The molecule has 0 radical (unpaired) electrons. The van der Waals surface area contributed by atoms with Crippen molar-refractivity contribution in [1.82, 2.24) is 0 Å². The van der Waals surface area contributed by atoms with E-state index in [2.05, 4.69) is 6.58 Å². The lowest BCUT2D eigenvalue weighted by atomic mass is 10.2. The second kappa shape index (κ2) is 9.01. The van der Waals surface area contributed by atoms with Crippen molar-refractivity contribution in [3.05, 3.63) is 52.7 Å². The SMILES string of the molecule is C=C(C)C(=O)OCCCCCCOc1c(F)c(=O)oc2ccccc12. The molecule has 0 aliphatic heterocycles. The molecule has 0 amide bonds. The molecule has 0 spiro atoms. The summed E-state index contributed by atoms with van der Waals surface area (Å²) in [5, 5.41) is 0.436. The molecule has 0 saturated carbocycles. The van der Waals surface area contributed by atoms with Gasteiger partial charge in [-0.1, -0.05) is 18.7 Å². The first-order valence-corrected chi connectivity index (χ1v) is 8.17. The Morgan fingerprint density at radius 2 is 1.84 bits per heavy atom. The minimum atomic E-state index is -1.03. The molecular formula is C19H21FO5. The number of benzene rings is 1. The highest BCUT2D eigenvalue weighted by Gasteiger charge is 2.15. The topological polar surface area (TPSA) is 65.7 Å². The summed E-state index contributed by atoms with van der Waals surface area (Å²) in [4.78, 5) is 22.7. The van der Waals surface area contributed by atoms with Gasteiger partial charge in [-0.25, -0.2) is 9.59 Å². The van der Waals surface area contributed by atoms with E-state index in [1.165, 1.54) is 0 Å². The normalized spacial score (nSPS) is 10.6. The predicted octanol–water partition coefficient (Wildman–Crippen LogP) is 3.99. The standard InChI is InChI=1S/C19H21FO5/c1-13(2)18(21)24-12-8-4-3-7-11-23-17-14-9-5-6-10-15(14)25-19(22)16(17)20/h5-6,9-10H,1,3-4,7-8,11-12H2,2H3. The highest BCUT2D eigenvalue weighted by molar-refractivity contribution is 5.86. The van der Waals surface area contributed by atoms with Crippen LogP contribution in [-0.2, 0) is 9.53 Å². The number of unbranched alkanes of at least 4 members (excludes halogenated alkanes) is 3. The summed E-state index contributed by atoms with van der Waals surface area (Å²) in [5.74, 6) is -1.46. The number of rotatable bonds is 9. The van der Waals surface area contributed by atoms with Gasteiger partial charge in [0, 0.05) is 5.57 Å². The largest absolute Gasteiger partial charge is 0.489 e. The molecule has 0 N–H and O–H groups in total. The van der Waals surface area contributed by atoms with E-state index in [0.717, 1.165) is 19.3 Å². The predicted molar refractivity (Wildman–Crippen MR) is 92.2 cm³/mol. The summed E-state index contributed by atoms with van der Waals surface area (Å²) >= 11 is 0. The zero-order valence-corrected chi connectivity index (χ0v) is 14.2. The van der Waals surface area contributed by atoms with Crippen molar-refractivity contribution in [2.75, 3.05) is 13.2 Å². The minimum absolute atomic E-state index is 0.0674. The average Bonchev–Trinajstić information content (AvgIpc) is 2.59. The molecule has 0 aliphatic carbocycles. The molecule has 0 bridgehead atoms. The number of fused-ring (bicyclic) bond motifs is 1. The number of para-hydroxylation sites is 1. The van der Waals surface area contributed by atoms with Crippen LogP contribution in [0.25, 0.3) is 11.0 Å². The summed E-state index contributed by atoms with van der Waals surface area (Å²) in [6, 6.07) is 6.66. The van der Waals surface area contributed by atoms with Crippen LogP contribution in [0.4, 0.5) is 4.39 Å². The Labute approximate surface area is 145 Å². The third-order valence-electron chi connectivity index (χ3n) is 3.58. The summed E-state index contributed by atoms with van der Waals surface area (Å²) in [5.41, 5.74) is -0.355. The third kappa shape index (κ3) is 5.17. The van der Waals surface area contributed by atoms with E-state index in [0.29, 0.717) is 29.6 Å². The lowest BCUT2D eigenvalue weighted by Gasteiger charge is -2.09. The van der Waals surface area contributed by atoms with Crippen LogP contribution in [0.15, 0.2) is 45.6 Å². The third-order valence-corrected chi connectivity index (χ3v) is 3.58. The lowest BCUT2D eigenvalue weighted by Crippen LogP contribution is -2.09. The molecule has 1 aromatic heterocycles. The number of esters is 1. The first kappa shape index (κ1) is 18.7. The van der Waals surface area contributed by atoms with Crippen LogP contribution in [0.2, 0.25) is 0 Å². The number of ether oxygens (including phenoxy) is 2. The maximum absolute atomic E-state index is 14.0. The molecule has 0 fully saturated rings. The monoisotopic (exact) mass is 348 g/mol. The summed E-state index contributed by atoms with van der Waals surface area (Å²) in [6.07, 6.45) is 3.13. The van der Waals surface area contributed by atoms with E-state index < -0.39 is 11.4 Å². The fraction of sp³-hybridized carbons (Fsp3) is 0.368. The second-order valence-corrected chi connectivity index (χ2v) is 5.71. The number of carbonyl (C=O) groups excluding carboxylic acids is 1. The molecule has 1 aromatic carbocycles. The van der Waals surface area contributed by atoms with Crippen LogP contribution >= 0.6 is 0 Å². The van der Waals surface area contributed by atoms with Gasteiger partial charge < -0.3 is 13.9 Å². The van der Waals surface area contributed by atoms with E-state index in [1.54, 1.807) is 31.2 Å². The molecule has 0 unspecified atom stereocenters. The zero-order chi connectivity index (χ0) is 18.2. The Hall–Kier alpha value is -2.63. The van der Waals surface area contributed by atoms with Crippen molar-refractivity contribution < 1.29 is 23.1 Å². The number of hydrogen-bond acceptors (Lipinski definition) is 5. The molecule has 0 atom stereocenters. The van der Waals surface area contributed by atoms with Gasteiger partial charge >= 0.3 is 11.6 Å². The van der Waals surface area contributed by atoms with Crippen LogP contribution in [0.1, 0.15) is 32.6 Å². The van der Waals surface area contributed by atoms with Crippen molar-refractivity contribution in [2.24, 2.45) is 0 Å². The van der Waals surface area contributed by atoms with Crippen LogP contribution in [0.3, 0.4) is 0 Å². The maximum Gasteiger partial charge on any atom is 0.376 e. The molecule has 2 rings (SSSR count). The Morgan fingerprint density at radius 3 is 2.56 bits per heavy atom. The first-order chi connectivity index (χ1) is 12.0. The molecule has 2 aromatic rings. The van der Waals surface area contributed by atoms with Gasteiger partial charge in [-0.05, 0) is 44.7 Å². The van der Waals surface area contributed by atoms with Crippen molar-refractivity contribution in [3.8, 4) is 5.75 Å². The number of halogens is 1. The first-order valence-electron chi connectivity index (χ1n) is 8.17. The second-order valence-electron chi connectivity index (χ2n) is 5.71. The Balaban J connectivity index is 1.76. The van der Waals surface area contributed by atoms with Crippen molar-refractivity contribution in [1.29, 1.82) is 0 Å². The van der Waals surface area contributed by atoms with Gasteiger partial charge in [0.1, 0.15) is 5.58 Å². The number of hydrogen-bond donors (Lipinski definition) is 0. The van der Waals surface area contributed by atoms with Gasteiger partial charge in [0.05, 0.1) is 18.6 Å². The van der Waals surface area contributed by atoms with E-state index in [4.69, 9.17) is 13.9 Å². The Kier molecular flexibility index (Phi) is 6.74. The van der Waals surface area contributed by atoms with Crippen LogP contribution < -0.4 is 10.4 Å². The van der Waals surface area contributed by atoms with Gasteiger partial charge in [0.15, 0.2) is 5.75 Å². The fourth-order valence-corrected chi connectivity index (χ4v) is 2.26. The highest BCUT2D eigenvalue weighted by atomic mass is 19.1. The fourth-order valence-electron chi connectivity index (χ4n) is 2.26. The van der Waals surface area contributed by atoms with E-state index in [1.807, 2.05) is 0 Å². The van der Waals surface area contributed by atoms with Crippen LogP contribution in [-0.4, -0.2) is 19.2 Å². The van der Waals surface area contributed by atoms with Gasteiger partial charge in [-0.3, -0.25) is 0 Å². The van der Waals surface area contributed by atoms with Crippen molar-refractivity contribution in [2.45, 2.75) is 32.6 Å². The van der Waals surface area contributed by atoms with Gasteiger partial charge in [-0.15, -0.1) is 0 Å². The summed E-state index contributed by atoms with van der Waals surface area (Å²) in [7, 11) is 0. The molecule has 0 saturated heterocycles. The van der Waals surface area contributed by atoms with Gasteiger partial charge in [0.25, 0.3) is 5.82 Å². The molecule has 134 valence electrons.